The van der Waals surface area contributed by atoms with Gasteiger partial charge in [-0.25, -0.2) is 0 Å². The van der Waals surface area contributed by atoms with Crippen LogP contribution in [0.5, 0.6) is 5.75 Å². The van der Waals surface area contributed by atoms with E-state index in [4.69, 9.17) is 0 Å². The number of anilines is 1. The zero-order valence-electron chi connectivity index (χ0n) is 11.3. The molecular weight excluding hydrogens is 403 g/mol. The molecule has 1 N–H and O–H groups in total. The fourth-order valence-electron chi connectivity index (χ4n) is 1.65. The van der Waals surface area contributed by atoms with Crippen molar-refractivity contribution in [3.05, 3.63) is 63.7 Å². The Morgan fingerprint density at radius 2 is 1.73 bits per heavy atom. The molecule has 3 nitrogen and oxygen atoms in total. The molecule has 1 amide bonds. The molecule has 2 aromatic rings. The van der Waals surface area contributed by atoms with Gasteiger partial charge in [-0.1, -0.05) is 12.1 Å². The number of benzene rings is 2. The lowest BCUT2D eigenvalue weighted by atomic mass is 10.2. The van der Waals surface area contributed by atoms with Gasteiger partial charge < -0.3 is 10.1 Å². The molecule has 0 aliphatic rings. The van der Waals surface area contributed by atoms with E-state index < -0.39 is 6.61 Å². The van der Waals surface area contributed by atoms with E-state index in [1.807, 2.05) is 24.3 Å². The number of ether oxygens (including phenoxy) is 1. The van der Waals surface area contributed by atoms with Crippen molar-refractivity contribution < 1.29 is 18.3 Å². The minimum absolute atomic E-state index is 0.0792. The number of hydrogen-bond acceptors (Lipinski definition) is 2. The second-order valence-corrected chi connectivity index (χ2v) is 5.52. The van der Waals surface area contributed by atoms with E-state index >= 15 is 0 Å². The lowest BCUT2D eigenvalue weighted by Crippen LogP contribution is -2.07. The Hall–Kier alpha value is -1.96. The third-order valence-corrected chi connectivity index (χ3v) is 3.36. The van der Waals surface area contributed by atoms with Gasteiger partial charge >= 0.3 is 6.61 Å². The van der Waals surface area contributed by atoms with E-state index in [1.165, 1.54) is 18.2 Å². The highest BCUT2D eigenvalue weighted by atomic mass is 127. The van der Waals surface area contributed by atoms with Crippen LogP contribution in [0, 0.1) is 3.57 Å². The molecule has 2 aromatic carbocycles. The monoisotopic (exact) mass is 415 g/mol. The summed E-state index contributed by atoms with van der Waals surface area (Å²) in [6, 6.07) is 13.4. The standard InChI is InChI=1S/C16H12F2INO2/c17-16(18)22-14-8-1-11(2-9-14)3-10-15(21)20-13-6-4-12(19)5-7-13/h1-10,16H,(H,20,21). The normalized spacial score (nSPS) is 10.9. The predicted octanol–water partition coefficient (Wildman–Crippen LogP) is 4.54. The van der Waals surface area contributed by atoms with Crippen molar-refractivity contribution in [2.24, 2.45) is 0 Å². The Balaban J connectivity index is 1.93. The maximum absolute atomic E-state index is 12.0. The summed E-state index contributed by atoms with van der Waals surface area (Å²) >= 11 is 2.18. The summed E-state index contributed by atoms with van der Waals surface area (Å²) < 4.78 is 29.4. The highest BCUT2D eigenvalue weighted by Crippen LogP contribution is 2.16. The molecule has 0 radical (unpaired) electrons. The van der Waals surface area contributed by atoms with Crippen molar-refractivity contribution in [3.8, 4) is 5.75 Å². The number of alkyl halides is 2. The van der Waals surface area contributed by atoms with Crippen molar-refractivity contribution in [1.29, 1.82) is 0 Å². The summed E-state index contributed by atoms with van der Waals surface area (Å²) in [5, 5.41) is 2.72. The molecule has 2 rings (SSSR count). The van der Waals surface area contributed by atoms with Crippen LogP contribution in [0.25, 0.3) is 6.08 Å². The molecule has 0 bridgehead atoms. The Labute approximate surface area is 140 Å². The van der Waals surface area contributed by atoms with Gasteiger partial charge in [0.05, 0.1) is 0 Å². The minimum atomic E-state index is -2.85. The topological polar surface area (TPSA) is 38.3 Å². The maximum atomic E-state index is 12.0. The first-order chi connectivity index (χ1) is 10.5. The van der Waals surface area contributed by atoms with Crippen LogP contribution in [-0.2, 0) is 4.79 Å². The van der Waals surface area contributed by atoms with Crippen LogP contribution in [0.1, 0.15) is 5.56 Å². The second-order valence-electron chi connectivity index (χ2n) is 4.28. The number of halogens is 3. The zero-order chi connectivity index (χ0) is 15.9. The molecule has 114 valence electrons. The van der Waals surface area contributed by atoms with E-state index in [0.29, 0.717) is 11.3 Å². The first kappa shape index (κ1) is 16.4. The number of nitrogens with one attached hydrogen (secondary N) is 1. The fraction of sp³-hybridized carbons (Fsp3) is 0.0625. The summed E-state index contributed by atoms with van der Waals surface area (Å²) in [6.07, 6.45) is 2.97. The Morgan fingerprint density at radius 3 is 2.32 bits per heavy atom. The van der Waals surface area contributed by atoms with E-state index in [-0.39, 0.29) is 11.7 Å². The van der Waals surface area contributed by atoms with Gasteiger partial charge in [0.1, 0.15) is 5.75 Å². The molecule has 0 fully saturated rings. The average molecular weight is 415 g/mol. The quantitative estimate of drug-likeness (QED) is 0.575. The third-order valence-electron chi connectivity index (χ3n) is 2.64. The molecule has 0 saturated heterocycles. The largest absolute Gasteiger partial charge is 0.435 e. The van der Waals surface area contributed by atoms with Crippen molar-refractivity contribution in [1.82, 2.24) is 0 Å². The second kappa shape index (κ2) is 7.88. The van der Waals surface area contributed by atoms with Gasteiger partial charge in [0.25, 0.3) is 0 Å². The molecule has 0 aliphatic heterocycles. The van der Waals surface area contributed by atoms with Gasteiger partial charge in [-0.2, -0.15) is 8.78 Å². The Bertz CT molecular complexity index is 655. The molecule has 0 aliphatic carbocycles. The molecule has 0 saturated carbocycles. The smallest absolute Gasteiger partial charge is 0.387 e. The highest BCUT2D eigenvalue weighted by molar-refractivity contribution is 14.1. The van der Waals surface area contributed by atoms with Crippen molar-refractivity contribution in [2.45, 2.75) is 6.61 Å². The molecule has 0 atom stereocenters. The fourth-order valence-corrected chi connectivity index (χ4v) is 2.01. The molecule has 0 spiro atoms. The van der Waals surface area contributed by atoms with Gasteiger partial charge in [0.2, 0.25) is 5.91 Å². The maximum Gasteiger partial charge on any atom is 0.387 e. The van der Waals surface area contributed by atoms with Gasteiger partial charge in [0.15, 0.2) is 0 Å². The van der Waals surface area contributed by atoms with Crippen molar-refractivity contribution in [2.75, 3.05) is 5.32 Å². The molecule has 6 heteroatoms. The molecular formula is C16H12F2INO2. The number of rotatable bonds is 5. The Kier molecular flexibility index (Phi) is 5.88. The predicted molar refractivity (Wildman–Crippen MR) is 89.9 cm³/mol. The minimum Gasteiger partial charge on any atom is -0.435 e. The third kappa shape index (κ3) is 5.44. The SMILES string of the molecule is O=C(C=Cc1ccc(OC(F)F)cc1)Nc1ccc(I)cc1. The van der Waals surface area contributed by atoms with Crippen LogP contribution in [0.4, 0.5) is 14.5 Å². The number of hydrogen-bond donors (Lipinski definition) is 1. The summed E-state index contributed by atoms with van der Waals surface area (Å²) in [4.78, 5) is 11.8. The van der Waals surface area contributed by atoms with Crippen LogP contribution in [0.3, 0.4) is 0 Å². The van der Waals surface area contributed by atoms with Gasteiger partial charge in [0, 0.05) is 15.3 Å². The lowest BCUT2D eigenvalue weighted by molar-refractivity contribution is -0.111. The molecule has 22 heavy (non-hydrogen) atoms. The molecule has 0 unspecified atom stereocenters. The Morgan fingerprint density at radius 1 is 1.09 bits per heavy atom. The van der Waals surface area contributed by atoms with Crippen LogP contribution in [-0.4, -0.2) is 12.5 Å². The van der Waals surface area contributed by atoms with Gasteiger partial charge in [-0.05, 0) is 70.6 Å². The average Bonchev–Trinajstić information content (AvgIpc) is 2.48. The number of carbonyl (C=O) groups is 1. The van der Waals surface area contributed by atoms with Gasteiger partial charge in [-0.15, -0.1) is 0 Å². The molecule has 0 heterocycles. The van der Waals surface area contributed by atoms with Gasteiger partial charge in [-0.3, -0.25) is 4.79 Å². The van der Waals surface area contributed by atoms with Crippen molar-refractivity contribution in [3.63, 3.8) is 0 Å². The van der Waals surface area contributed by atoms with E-state index in [9.17, 15) is 13.6 Å². The molecule has 0 aromatic heterocycles. The number of amides is 1. The first-order valence-corrected chi connectivity index (χ1v) is 7.40. The first-order valence-electron chi connectivity index (χ1n) is 6.32. The van der Waals surface area contributed by atoms with E-state index in [1.54, 1.807) is 18.2 Å². The summed E-state index contributed by atoms with van der Waals surface area (Å²) in [5.74, 6) is -0.190. The van der Waals surface area contributed by atoms with E-state index in [0.717, 1.165) is 3.57 Å². The summed E-state index contributed by atoms with van der Waals surface area (Å²) in [5.41, 5.74) is 1.41. The summed E-state index contributed by atoms with van der Waals surface area (Å²) in [7, 11) is 0. The lowest BCUT2D eigenvalue weighted by Gasteiger charge is -2.04. The van der Waals surface area contributed by atoms with Crippen LogP contribution in [0.2, 0.25) is 0 Å². The highest BCUT2D eigenvalue weighted by Gasteiger charge is 2.03. The van der Waals surface area contributed by atoms with Crippen LogP contribution < -0.4 is 10.1 Å². The zero-order valence-corrected chi connectivity index (χ0v) is 13.5. The number of carbonyl (C=O) groups excluding carboxylic acids is 1. The van der Waals surface area contributed by atoms with Crippen LogP contribution in [0.15, 0.2) is 54.6 Å². The summed E-state index contributed by atoms with van der Waals surface area (Å²) in [6.45, 7) is -2.85. The van der Waals surface area contributed by atoms with Crippen LogP contribution >= 0.6 is 22.6 Å². The van der Waals surface area contributed by atoms with E-state index in [2.05, 4.69) is 32.6 Å². The van der Waals surface area contributed by atoms with Crippen molar-refractivity contribution >= 4 is 40.3 Å².